The summed E-state index contributed by atoms with van der Waals surface area (Å²) < 4.78 is 5.23. The van der Waals surface area contributed by atoms with E-state index in [0.29, 0.717) is 35.5 Å². The molecule has 5 rings (SSSR count). The molecule has 2 saturated heterocycles. The second kappa shape index (κ2) is 10.4. The summed E-state index contributed by atoms with van der Waals surface area (Å²) in [5.41, 5.74) is 6.37. The van der Waals surface area contributed by atoms with Crippen LogP contribution in [0, 0.1) is 0 Å². The molecule has 4 heterocycles. The van der Waals surface area contributed by atoms with Crippen LogP contribution in [0.15, 0.2) is 57.7 Å². The first-order valence-electron chi connectivity index (χ1n) is 11.6. The molecule has 13 nitrogen and oxygen atoms in total. The number of carbonyl (C=O) groups excluding carboxylic acids is 3. The molecule has 2 atom stereocenters. The second-order valence-corrected chi connectivity index (χ2v) is 10.6. The predicted octanol–water partition coefficient (Wildman–Crippen LogP) is 1.01. The number of allylic oxidation sites excluding steroid dienone is 1. The van der Waals surface area contributed by atoms with E-state index < -0.39 is 34.9 Å². The molecule has 3 amide bonds. The van der Waals surface area contributed by atoms with Crippen molar-refractivity contribution in [3.63, 3.8) is 0 Å². The van der Waals surface area contributed by atoms with E-state index >= 15 is 0 Å². The first-order chi connectivity index (χ1) is 18.7. The Bertz CT molecular complexity index is 1480. The molecule has 0 aliphatic carbocycles. The number of nitrogen functional groups attached to an aromatic ring is 1. The summed E-state index contributed by atoms with van der Waals surface area (Å²) in [5.74, 6) is -2.28. The van der Waals surface area contributed by atoms with E-state index in [-0.39, 0.29) is 28.2 Å². The number of hydrogen-bond donors (Lipinski definition) is 4. The standard InChI is InChI=1S/C24H22N6O7S2/c1-37-14-4-2-3-13(8-14)29-6-5-11(20(29)32)7-12-9-38-22-17(21(33)30(22)18(12)23(34)35)27-19(31)16(28-36)15-10-39-24(25)26-15/h2-4,7-8,10,17,22,36H,5-6,9H2,1H3,(H2,25,26)(H,27,31)(H,34,35)/t17-,22-/m1/s1. The van der Waals surface area contributed by atoms with Crippen LogP contribution in [0.5, 0.6) is 5.75 Å². The molecule has 1 aromatic carbocycles. The highest BCUT2D eigenvalue weighted by atomic mass is 32.2. The molecular weight excluding hydrogens is 548 g/mol. The number of nitrogens with zero attached hydrogens (tertiary/aromatic N) is 4. The molecule has 2 aromatic rings. The van der Waals surface area contributed by atoms with E-state index in [9.17, 15) is 29.5 Å². The molecule has 1 aromatic heterocycles. The third-order valence-corrected chi connectivity index (χ3v) is 8.38. The lowest BCUT2D eigenvalue weighted by Gasteiger charge is -2.49. The van der Waals surface area contributed by atoms with Gasteiger partial charge in [0.25, 0.3) is 17.7 Å². The van der Waals surface area contributed by atoms with Gasteiger partial charge in [0.2, 0.25) is 0 Å². The molecule has 39 heavy (non-hydrogen) atoms. The SMILES string of the molecule is COc1cccc(N2CCC(=CC3=C(C(=O)O)N4C(=O)[C@@H](NC(=O)C(=NO)c5csc(N)n5)[C@H]4SC3)C2=O)c1. The number of aromatic nitrogens is 1. The maximum Gasteiger partial charge on any atom is 0.352 e. The number of benzene rings is 1. The van der Waals surface area contributed by atoms with Crippen molar-refractivity contribution in [2.45, 2.75) is 17.8 Å². The van der Waals surface area contributed by atoms with Crippen molar-refractivity contribution in [2.75, 3.05) is 30.0 Å². The molecule has 202 valence electrons. The summed E-state index contributed by atoms with van der Waals surface area (Å²) in [7, 11) is 1.54. The Labute approximate surface area is 229 Å². The number of thiazole rings is 1. The molecule has 3 aliphatic heterocycles. The van der Waals surface area contributed by atoms with Crippen LogP contribution in [0.3, 0.4) is 0 Å². The number of nitrogens with one attached hydrogen (secondary N) is 1. The predicted molar refractivity (Wildman–Crippen MR) is 143 cm³/mol. The molecule has 15 heteroatoms. The van der Waals surface area contributed by atoms with E-state index in [1.807, 2.05) is 0 Å². The van der Waals surface area contributed by atoms with E-state index in [1.54, 1.807) is 29.2 Å². The van der Waals surface area contributed by atoms with E-state index in [0.717, 1.165) is 16.2 Å². The normalized spacial score (nSPS) is 22.2. The summed E-state index contributed by atoms with van der Waals surface area (Å²) in [6, 6.07) is 6.03. The van der Waals surface area contributed by atoms with Crippen LogP contribution in [0.4, 0.5) is 10.8 Å². The number of methoxy groups -OCH3 is 1. The minimum atomic E-state index is -1.32. The molecule has 2 fully saturated rings. The van der Waals surface area contributed by atoms with Crippen LogP contribution in [0.2, 0.25) is 0 Å². The Morgan fingerprint density at radius 2 is 2.13 bits per heavy atom. The summed E-state index contributed by atoms with van der Waals surface area (Å²) in [6.07, 6.45) is 1.94. The number of aliphatic carboxylic acids is 1. The number of carboxylic acids is 1. The van der Waals surface area contributed by atoms with E-state index in [1.165, 1.54) is 30.3 Å². The van der Waals surface area contributed by atoms with Gasteiger partial charge in [-0.15, -0.1) is 23.1 Å². The van der Waals surface area contributed by atoms with Gasteiger partial charge in [-0.2, -0.15) is 0 Å². The molecule has 3 aliphatic rings. The van der Waals surface area contributed by atoms with Gasteiger partial charge in [0.1, 0.15) is 28.6 Å². The highest BCUT2D eigenvalue weighted by molar-refractivity contribution is 8.00. The maximum atomic E-state index is 13.1. The molecule has 0 spiro atoms. The van der Waals surface area contributed by atoms with Gasteiger partial charge in [0.05, 0.1) is 7.11 Å². The third kappa shape index (κ3) is 4.70. The fourth-order valence-electron chi connectivity index (χ4n) is 4.56. The van der Waals surface area contributed by atoms with Gasteiger partial charge in [-0.3, -0.25) is 19.3 Å². The average molecular weight is 571 g/mol. The van der Waals surface area contributed by atoms with Gasteiger partial charge < -0.3 is 31.0 Å². The summed E-state index contributed by atoms with van der Waals surface area (Å²) in [6.45, 7) is 0.416. The quantitative estimate of drug-likeness (QED) is 0.123. The van der Waals surface area contributed by atoms with Crippen LogP contribution < -0.4 is 20.7 Å². The smallest absolute Gasteiger partial charge is 0.352 e. The number of fused-ring (bicyclic) bond motifs is 1. The van der Waals surface area contributed by atoms with Gasteiger partial charge in [-0.1, -0.05) is 11.2 Å². The lowest BCUT2D eigenvalue weighted by Crippen LogP contribution is -2.71. The Morgan fingerprint density at radius 3 is 2.79 bits per heavy atom. The van der Waals surface area contributed by atoms with E-state index in [4.69, 9.17) is 10.5 Å². The van der Waals surface area contributed by atoms with Crippen LogP contribution in [0.25, 0.3) is 0 Å². The lowest BCUT2D eigenvalue weighted by molar-refractivity contribution is -0.150. The number of carboxylic acid groups (broad SMARTS) is 1. The molecule has 0 radical (unpaired) electrons. The fraction of sp³-hybridized carbons (Fsp3) is 0.250. The van der Waals surface area contributed by atoms with Crippen LogP contribution in [-0.4, -0.2) is 80.4 Å². The second-order valence-electron chi connectivity index (χ2n) is 8.64. The van der Waals surface area contributed by atoms with Crippen LogP contribution in [-0.2, 0) is 19.2 Å². The monoisotopic (exact) mass is 570 g/mol. The third-order valence-electron chi connectivity index (χ3n) is 6.40. The number of oxime groups is 1. The van der Waals surface area contributed by atoms with Gasteiger partial charge >= 0.3 is 5.97 Å². The summed E-state index contributed by atoms with van der Waals surface area (Å²) >= 11 is 2.30. The largest absolute Gasteiger partial charge is 0.497 e. The number of hydrogen-bond acceptors (Lipinski definition) is 11. The van der Waals surface area contributed by atoms with Crippen LogP contribution in [0.1, 0.15) is 12.1 Å². The molecule has 5 N–H and O–H groups in total. The molecule has 0 unspecified atom stereocenters. The molecular formula is C24H22N6O7S2. The Hall–Kier alpha value is -4.37. The number of anilines is 2. The zero-order valence-corrected chi connectivity index (χ0v) is 22.0. The Morgan fingerprint density at radius 1 is 1.33 bits per heavy atom. The van der Waals surface area contributed by atoms with Crippen molar-refractivity contribution in [1.29, 1.82) is 0 Å². The number of rotatable bonds is 7. The number of carbonyl (C=O) groups is 4. The highest BCUT2D eigenvalue weighted by Gasteiger charge is 2.54. The summed E-state index contributed by atoms with van der Waals surface area (Å²) in [4.78, 5) is 57.6. The lowest BCUT2D eigenvalue weighted by atomic mass is 10.0. The van der Waals surface area contributed by atoms with Gasteiger partial charge in [-0.25, -0.2) is 9.78 Å². The Kier molecular flexibility index (Phi) is 7.01. The first-order valence-corrected chi connectivity index (χ1v) is 13.5. The minimum Gasteiger partial charge on any atom is -0.497 e. The number of β-lactam (4-membered cyclic amide) rings is 1. The summed E-state index contributed by atoms with van der Waals surface area (Å²) in [5, 5.41) is 25.6. The first kappa shape index (κ1) is 26.2. The highest BCUT2D eigenvalue weighted by Crippen LogP contribution is 2.41. The van der Waals surface area contributed by atoms with E-state index in [2.05, 4.69) is 15.5 Å². The van der Waals surface area contributed by atoms with Crippen molar-refractivity contribution in [2.24, 2.45) is 5.16 Å². The molecule has 0 saturated carbocycles. The molecule has 0 bridgehead atoms. The number of ether oxygens (including phenoxy) is 1. The minimum absolute atomic E-state index is 0.0432. The van der Waals surface area contributed by atoms with Crippen molar-refractivity contribution in [3.8, 4) is 5.75 Å². The average Bonchev–Trinajstić information content (AvgIpc) is 3.52. The van der Waals surface area contributed by atoms with Crippen molar-refractivity contribution >= 4 is 63.3 Å². The van der Waals surface area contributed by atoms with Crippen molar-refractivity contribution < 1.29 is 34.2 Å². The zero-order chi connectivity index (χ0) is 27.8. The maximum absolute atomic E-state index is 13.1. The van der Waals surface area contributed by atoms with Gasteiger partial charge in [-0.05, 0) is 30.2 Å². The topological polar surface area (TPSA) is 188 Å². The van der Waals surface area contributed by atoms with Gasteiger partial charge in [0.15, 0.2) is 10.8 Å². The Balaban J connectivity index is 1.35. The number of thioether (sulfide) groups is 1. The number of amides is 3. The van der Waals surface area contributed by atoms with Gasteiger partial charge in [0, 0.05) is 35.0 Å². The fourth-order valence-corrected chi connectivity index (χ4v) is 6.41. The number of nitrogens with two attached hydrogens (primary N) is 1. The van der Waals surface area contributed by atoms with Crippen molar-refractivity contribution in [3.05, 3.63) is 58.3 Å². The zero-order valence-electron chi connectivity index (χ0n) is 20.4. The van der Waals surface area contributed by atoms with Crippen molar-refractivity contribution in [1.82, 2.24) is 15.2 Å². The van der Waals surface area contributed by atoms with Crippen LogP contribution >= 0.6 is 23.1 Å².